The van der Waals surface area contributed by atoms with Gasteiger partial charge >= 0.3 is 0 Å². The quantitative estimate of drug-likeness (QED) is 0.920. The molecule has 0 spiro atoms. The number of anilines is 1. The van der Waals surface area contributed by atoms with E-state index in [4.69, 9.17) is 16.1 Å². The highest BCUT2D eigenvalue weighted by Gasteiger charge is 2.10. The molecule has 4 nitrogen and oxygen atoms in total. The zero-order valence-corrected chi connectivity index (χ0v) is 11.2. The Kier molecular flexibility index (Phi) is 3.49. The minimum absolute atomic E-state index is 0.290. The lowest BCUT2D eigenvalue weighted by Crippen LogP contribution is -2.12. The predicted octanol–water partition coefficient (Wildman–Crippen LogP) is 3.65. The van der Waals surface area contributed by atoms with Gasteiger partial charge < -0.3 is 9.84 Å². The van der Waals surface area contributed by atoms with Crippen molar-refractivity contribution >= 4 is 39.3 Å². The van der Waals surface area contributed by atoms with Gasteiger partial charge in [-0.2, -0.15) is 0 Å². The second-order valence-corrected chi connectivity index (χ2v) is 4.79. The van der Waals surface area contributed by atoms with Crippen molar-refractivity contribution in [1.82, 2.24) is 5.16 Å². The van der Waals surface area contributed by atoms with E-state index >= 15 is 0 Å². The molecule has 0 aliphatic rings. The number of nitrogens with one attached hydrogen (secondary N) is 1. The number of aromatic nitrogens is 1. The van der Waals surface area contributed by atoms with E-state index in [1.54, 1.807) is 31.2 Å². The van der Waals surface area contributed by atoms with E-state index in [1.165, 1.54) is 0 Å². The van der Waals surface area contributed by atoms with Gasteiger partial charge in [0.25, 0.3) is 5.91 Å². The summed E-state index contributed by atoms with van der Waals surface area (Å²) in [4.78, 5) is 11.9. The van der Waals surface area contributed by atoms with E-state index in [0.29, 0.717) is 22.2 Å². The number of nitrogens with zero attached hydrogens (tertiary/aromatic N) is 1. The summed E-state index contributed by atoms with van der Waals surface area (Å²) in [6.07, 6.45) is 0. The molecule has 0 fully saturated rings. The molecule has 0 saturated heterocycles. The van der Waals surface area contributed by atoms with E-state index in [2.05, 4.69) is 26.4 Å². The number of hydrogen-bond acceptors (Lipinski definition) is 3. The lowest BCUT2D eigenvalue weighted by atomic mass is 10.2. The molecular formula is C11H8BrClN2O2. The molecule has 0 radical (unpaired) electrons. The van der Waals surface area contributed by atoms with Crippen LogP contribution in [0, 0.1) is 6.92 Å². The highest BCUT2D eigenvalue weighted by atomic mass is 79.9. The lowest BCUT2D eigenvalue weighted by Gasteiger charge is -2.02. The first-order chi connectivity index (χ1) is 8.04. The number of hydrogen-bond donors (Lipinski definition) is 1. The number of carbonyl (C=O) groups excluding carboxylic acids is 1. The third kappa shape index (κ3) is 3.08. The maximum atomic E-state index is 11.9. The van der Waals surface area contributed by atoms with Gasteiger partial charge in [-0.05, 0) is 25.1 Å². The molecule has 0 unspecified atom stereocenters. The molecule has 0 aliphatic carbocycles. The normalized spacial score (nSPS) is 10.3. The van der Waals surface area contributed by atoms with Gasteiger partial charge in [-0.1, -0.05) is 32.7 Å². The van der Waals surface area contributed by atoms with Crippen molar-refractivity contribution in [3.8, 4) is 0 Å². The van der Waals surface area contributed by atoms with Crippen LogP contribution < -0.4 is 5.32 Å². The molecule has 0 atom stereocenters. The van der Waals surface area contributed by atoms with Crippen molar-refractivity contribution in [2.24, 2.45) is 0 Å². The topological polar surface area (TPSA) is 55.1 Å². The molecule has 6 heteroatoms. The Morgan fingerprint density at radius 3 is 2.76 bits per heavy atom. The molecule has 0 saturated carbocycles. The van der Waals surface area contributed by atoms with Crippen molar-refractivity contribution in [1.29, 1.82) is 0 Å². The van der Waals surface area contributed by atoms with Gasteiger partial charge in [0.15, 0.2) is 5.82 Å². The third-order valence-electron chi connectivity index (χ3n) is 1.99. The van der Waals surface area contributed by atoms with Crippen LogP contribution in [-0.2, 0) is 0 Å². The summed E-state index contributed by atoms with van der Waals surface area (Å²) in [5.74, 6) is 0.720. The number of amides is 1. The molecule has 1 aromatic heterocycles. The van der Waals surface area contributed by atoms with Gasteiger partial charge in [-0.15, -0.1) is 0 Å². The van der Waals surface area contributed by atoms with Crippen LogP contribution in [0.25, 0.3) is 0 Å². The average Bonchev–Trinajstić information content (AvgIpc) is 2.62. The largest absolute Gasteiger partial charge is 0.360 e. The Morgan fingerprint density at radius 2 is 2.18 bits per heavy atom. The van der Waals surface area contributed by atoms with Crippen LogP contribution in [0.2, 0.25) is 5.02 Å². The fraction of sp³-hybridized carbons (Fsp3) is 0.0909. The highest BCUT2D eigenvalue weighted by Crippen LogP contribution is 2.20. The molecule has 0 aliphatic heterocycles. The Hall–Kier alpha value is -1.33. The minimum atomic E-state index is -0.290. The molecule has 17 heavy (non-hydrogen) atoms. The third-order valence-corrected chi connectivity index (χ3v) is 2.67. The molecule has 1 heterocycles. The van der Waals surface area contributed by atoms with Crippen molar-refractivity contribution in [2.75, 3.05) is 5.32 Å². The van der Waals surface area contributed by atoms with Crippen LogP contribution >= 0.6 is 27.5 Å². The summed E-state index contributed by atoms with van der Waals surface area (Å²) in [5, 5.41) is 6.77. The molecule has 1 aromatic carbocycles. The van der Waals surface area contributed by atoms with Gasteiger partial charge in [0.1, 0.15) is 5.76 Å². The van der Waals surface area contributed by atoms with E-state index in [0.717, 1.165) is 4.47 Å². The number of benzene rings is 1. The first-order valence-corrected chi connectivity index (χ1v) is 5.92. The second kappa shape index (κ2) is 4.89. The highest BCUT2D eigenvalue weighted by molar-refractivity contribution is 9.10. The summed E-state index contributed by atoms with van der Waals surface area (Å²) in [6.45, 7) is 1.75. The molecule has 0 bridgehead atoms. The van der Waals surface area contributed by atoms with Gasteiger partial charge in [-0.3, -0.25) is 4.79 Å². The summed E-state index contributed by atoms with van der Waals surface area (Å²) < 4.78 is 5.59. The first kappa shape index (κ1) is 12.1. The van der Waals surface area contributed by atoms with Crippen LogP contribution in [0.15, 0.2) is 33.3 Å². The van der Waals surface area contributed by atoms with Crippen molar-refractivity contribution in [2.45, 2.75) is 6.92 Å². The lowest BCUT2D eigenvalue weighted by molar-refractivity contribution is 0.102. The fourth-order valence-corrected chi connectivity index (χ4v) is 2.16. The van der Waals surface area contributed by atoms with Gasteiger partial charge in [0.2, 0.25) is 0 Å². The summed E-state index contributed by atoms with van der Waals surface area (Å²) in [7, 11) is 0. The van der Waals surface area contributed by atoms with Crippen LogP contribution in [0.4, 0.5) is 5.82 Å². The Labute approximate surface area is 111 Å². The Bertz CT molecular complexity index is 548. The number of carbonyl (C=O) groups is 1. The summed E-state index contributed by atoms with van der Waals surface area (Å²) in [5.41, 5.74) is 0.449. The van der Waals surface area contributed by atoms with Gasteiger partial charge in [-0.25, -0.2) is 0 Å². The fourth-order valence-electron chi connectivity index (χ4n) is 1.30. The van der Waals surface area contributed by atoms with Crippen LogP contribution in [0.5, 0.6) is 0 Å². The van der Waals surface area contributed by atoms with E-state index < -0.39 is 0 Å². The molecule has 2 rings (SSSR count). The summed E-state index contributed by atoms with van der Waals surface area (Å²) in [6, 6.07) is 6.60. The Morgan fingerprint density at radius 1 is 1.41 bits per heavy atom. The van der Waals surface area contributed by atoms with E-state index in [-0.39, 0.29) is 5.91 Å². The van der Waals surface area contributed by atoms with Crippen molar-refractivity contribution in [3.63, 3.8) is 0 Å². The molecule has 1 amide bonds. The van der Waals surface area contributed by atoms with E-state index in [9.17, 15) is 4.79 Å². The molecule has 88 valence electrons. The SMILES string of the molecule is Cc1cc(NC(=O)c2cc(Cl)cc(Br)c2)no1. The number of rotatable bonds is 2. The monoisotopic (exact) mass is 314 g/mol. The van der Waals surface area contributed by atoms with Gasteiger partial charge in [0, 0.05) is 21.1 Å². The maximum Gasteiger partial charge on any atom is 0.256 e. The average molecular weight is 316 g/mol. The zero-order valence-electron chi connectivity index (χ0n) is 8.83. The molecular weight excluding hydrogens is 307 g/mol. The molecule has 2 aromatic rings. The van der Waals surface area contributed by atoms with Crippen LogP contribution in [-0.4, -0.2) is 11.1 Å². The summed E-state index contributed by atoms with van der Waals surface area (Å²) >= 11 is 9.13. The van der Waals surface area contributed by atoms with Gasteiger partial charge in [0.05, 0.1) is 0 Å². The standard InChI is InChI=1S/C11H8BrClN2O2/c1-6-2-10(15-17-6)14-11(16)7-3-8(12)5-9(13)4-7/h2-5H,1H3,(H,14,15,16). The first-order valence-electron chi connectivity index (χ1n) is 4.75. The van der Waals surface area contributed by atoms with E-state index in [1.807, 2.05) is 0 Å². The van der Waals surface area contributed by atoms with Crippen molar-refractivity contribution in [3.05, 3.63) is 45.1 Å². The van der Waals surface area contributed by atoms with Crippen LogP contribution in [0.1, 0.15) is 16.1 Å². The predicted molar refractivity (Wildman–Crippen MR) is 68.3 cm³/mol. The maximum absolute atomic E-state index is 11.9. The van der Waals surface area contributed by atoms with Crippen molar-refractivity contribution < 1.29 is 9.32 Å². The second-order valence-electron chi connectivity index (χ2n) is 3.44. The van der Waals surface area contributed by atoms with Crippen LogP contribution in [0.3, 0.4) is 0 Å². The number of aryl methyl sites for hydroxylation is 1. The smallest absolute Gasteiger partial charge is 0.256 e. The molecule has 1 N–H and O–H groups in total. The Balaban J connectivity index is 2.19. The number of halogens is 2. The minimum Gasteiger partial charge on any atom is -0.360 e. The zero-order chi connectivity index (χ0) is 12.4.